The van der Waals surface area contributed by atoms with Gasteiger partial charge in [0.2, 0.25) is 0 Å². The average Bonchev–Trinajstić information content (AvgIpc) is 2.37. The number of carbonyl (C=O) groups excluding carboxylic acids is 1. The largest absolute Gasteiger partial charge is 0.480 e. The lowest BCUT2D eigenvalue weighted by atomic mass is 9.84. The van der Waals surface area contributed by atoms with Gasteiger partial charge in [0.25, 0.3) is 0 Å². The number of urea groups is 1. The fourth-order valence-corrected chi connectivity index (χ4v) is 3.71. The predicted octanol–water partition coefficient (Wildman–Crippen LogP) is 1.92. The highest BCUT2D eigenvalue weighted by atomic mass is 32.2. The smallest absolute Gasteiger partial charge is 0.326 e. The molecule has 1 unspecified atom stereocenters. The van der Waals surface area contributed by atoms with E-state index in [0.29, 0.717) is 19.5 Å². The van der Waals surface area contributed by atoms with Gasteiger partial charge in [0, 0.05) is 17.8 Å². The zero-order valence-corrected chi connectivity index (χ0v) is 12.2. The maximum absolute atomic E-state index is 12.2. The molecule has 1 saturated carbocycles. The number of piperidine rings is 1. The highest BCUT2D eigenvalue weighted by Gasteiger charge is 2.38. The molecule has 0 radical (unpaired) electrons. The maximum Gasteiger partial charge on any atom is 0.326 e. The van der Waals surface area contributed by atoms with Crippen LogP contribution in [0.1, 0.15) is 38.5 Å². The van der Waals surface area contributed by atoms with Gasteiger partial charge in [0.05, 0.1) is 0 Å². The van der Waals surface area contributed by atoms with Crippen molar-refractivity contribution in [3.05, 3.63) is 0 Å². The SMILES string of the molecule is CSC1(CNC(=O)N2CCCCC2C(=O)O)CCC1. The molecule has 2 fully saturated rings. The number of amides is 2. The lowest BCUT2D eigenvalue weighted by molar-refractivity contribution is -0.143. The third-order valence-corrected chi connectivity index (χ3v) is 5.73. The van der Waals surface area contributed by atoms with Crippen molar-refractivity contribution in [3.63, 3.8) is 0 Å². The monoisotopic (exact) mass is 286 g/mol. The van der Waals surface area contributed by atoms with E-state index in [0.717, 1.165) is 25.7 Å². The van der Waals surface area contributed by atoms with Gasteiger partial charge in [-0.2, -0.15) is 11.8 Å². The highest BCUT2D eigenvalue weighted by molar-refractivity contribution is 8.00. The van der Waals surface area contributed by atoms with Crippen LogP contribution in [0.3, 0.4) is 0 Å². The molecule has 5 nitrogen and oxygen atoms in total. The molecule has 2 amide bonds. The third-order valence-electron chi connectivity index (χ3n) is 4.31. The van der Waals surface area contributed by atoms with E-state index in [9.17, 15) is 9.59 Å². The summed E-state index contributed by atoms with van der Waals surface area (Å²) in [6.45, 7) is 1.20. The van der Waals surface area contributed by atoms with Gasteiger partial charge in [-0.25, -0.2) is 9.59 Å². The Morgan fingerprint density at radius 2 is 2.11 bits per heavy atom. The number of rotatable bonds is 4. The van der Waals surface area contributed by atoms with Crippen molar-refractivity contribution in [2.45, 2.75) is 49.3 Å². The van der Waals surface area contributed by atoms with Crippen molar-refractivity contribution in [1.82, 2.24) is 10.2 Å². The number of nitrogens with one attached hydrogen (secondary N) is 1. The topological polar surface area (TPSA) is 69.6 Å². The van der Waals surface area contributed by atoms with E-state index in [-0.39, 0.29) is 10.8 Å². The summed E-state index contributed by atoms with van der Waals surface area (Å²) in [5.74, 6) is -0.891. The molecule has 19 heavy (non-hydrogen) atoms. The average molecular weight is 286 g/mol. The second-order valence-corrected chi connectivity index (χ2v) is 6.72. The Bertz CT molecular complexity index is 352. The summed E-state index contributed by atoms with van der Waals surface area (Å²) in [6.07, 6.45) is 7.91. The fraction of sp³-hybridized carbons (Fsp3) is 0.846. The maximum atomic E-state index is 12.2. The van der Waals surface area contributed by atoms with Crippen LogP contribution in [0, 0.1) is 0 Å². The van der Waals surface area contributed by atoms with Gasteiger partial charge in [0.1, 0.15) is 6.04 Å². The zero-order valence-electron chi connectivity index (χ0n) is 11.4. The number of carboxylic acids is 1. The normalized spacial score (nSPS) is 25.5. The molecule has 0 aromatic carbocycles. The van der Waals surface area contributed by atoms with Gasteiger partial charge in [-0.3, -0.25) is 0 Å². The molecule has 1 saturated heterocycles. The van der Waals surface area contributed by atoms with Crippen LogP contribution in [0.2, 0.25) is 0 Å². The summed E-state index contributed by atoms with van der Waals surface area (Å²) in [6, 6.07) is -0.868. The summed E-state index contributed by atoms with van der Waals surface area (Å²) >= 11 is 1.81. The molecule has 1 aliphatic carbocycles. The number of nitrogens with zero attached hydrogens (tertiary/aromatic N) is 1. The Kier molecular flexibility index (Phi) is 4.60. The first-order chi connectivity index (χ1) is 9.08. The molecule has 2 N–H and O–H groups in total. The van der Waals surface area contributed by atoms with Gasteiger partial charge in [0.15, 0.2) is 0 Å². The molecule has 0 aromatic rings. The Labute approximate surface area is 118 Å². The van der Waals surface area contributed by atoms with Crippen LogP contribution >= 0.6 is 11.8 Å². The van der Waals surface area contributed by atoms with Crippen LogP contribution in [0.25, 0.3) is 0 Å². The summed E-state index contributed by atoms with van der Waals surface area (Å²) in [4.78, 5) is 24.8. The van der Waals surface area contributed by atoms with Crippen LogP contribution in [-0.2, 0) is 4.79 Å². The molecule has 0 spiro atoms. The number of hydrogen-bond donors (Lipinski definition) is 2. The van der Waals surface area contributed by atoms with Gasteiger partial charge < -0.3 is 15.3 Å². The summed E-state index contributed by atoms with van der Waals surface area (Å²) in [5.41, 5.74) is 0. The Hall–Kier alpha value is -0.910. The van der Waals surface area contributed by atoms with Gasteiger partial charge in [-0.15, -0.1) is 0 Å². The molecule has 1 aliphatic heterocycles. The van der Waals surface area contributed by atoms with Crippen LogP contribution in [0.5, 0.6) is 0 Å². The first-order valence-corrected chi connectivity index (χ1v) is 8.13. The second-order valence-electron chi connectivity index (χ2n) is 5.44. The lowest BCUT2D eigenvalue weighted by Crippen LogP contribution is -2.55. The molecule has 6 heteroatoms. The first-order valence-electron chi connectivity index (χ1n) is 6.90. The number of hydrogen-bond acceptors (Lipinski definition) is 3. The van der Waals surface area contributed by atoms with Crippen molar-refractivity contribution in [2.24, 2.45) is 0 Å². The number of thioether (sulfide) groups is 1. The molecular weight excluding hydrogens is 264 g/mol. The van der Waals surface area contributed by atoms with Crippen molar-refractivity contribution in [1.29, 1.82) is 0 Å². The van der Waals surface area contributed by atoms with E-state index in [1.165, 1.54) is 11.3 Å². The van der Waals surface area contributed by atoms with E-state index in [4.69, 9.17) is 5.11 Å². The summed E-state index contributed by atoms with van der Waals surface area (Å²) in [5, 5.41) is 12.1. The van der Waals surface area contributed by atoms with Crippen molar-refractivity contribution < 1.29 is 14.7 Å². The molecule has 2 aliphatic rings. The zero-order chi connectivity index (χ0) is 13.9. The van der Waals surface area contributed by atoms with Gasteiger partial charge in [-0.1, -0.05) is 6.42 Å². The molecule has 0 bridgehead atoms. The van der Waals surface area contributed by atoms with Crippen LogP contribution < -0.4 is 5.32 Å². The fourth-order valence-electron chi connectivity index (χ4n) is 2.79. The second kappa shape index (κ2) is 6.03. The number of aliphatic carboxylic acids is 1. The van der Waals surface area contributed by atoms with Gasteiger partial charge >= 0.3 is 12.0 Å². The van der Waals surface area contributed by atoms with E-state index in [1.807, 2.05) is 0 Å². The number of carboxylic acid groups (broad SMARTS) is 1. The minimum absolute atomic E-state index is 0.185. The molecule has 2 rings (SSSR count). The minimum atomic E-state index is -0.891. The minimum Gasteiger partial charge on any atom is -0.480 e. The van der Waals surface area contributed by atoms with Crippen LogP contribution in [0.4, 0.5) is 4.79 Å². The number of carbonyl (C=O) groups is 2. The van der Waals surface area contributed by atoms with E-state index in [1.54, 1.807) is 11.8 Å². The van der Waals surface area contributed by atoms with E-state index in [2.05, 4.69) is 11.6 Å². The predicted molar refractivity (Wildman–Crippen MR) is 75.5 cm³/mol. The van der Waals surface area contributed by atoms with Crippen molar-refractivity contribution in [3.8, 4) is 0 Å². The van der Waals surface area contributed by atoms with E-state index < -0.39 is 12.0 Å². The van der Waals surface area contributed by atoms with Crippen molar-refractivity contribution in [2.75, 3.05) is 19.3 Å². The molecule has 1 heterocycles. The molecule has 1 atom stereocenters. The molecule has 108 valence electrons. The molecule has 0 aromatic heterocycles. The van der Waals surface area contributed by atoms with Crippen LogP contribution in [-0.4, -0.2) is 52.1 Å². The lowest BCUT2D eigenvalue weighted by Gasteiger charge is -2.41. The molecular formula is C13H22N2O3S. The Morgan fingerprint density at radius 1 is 1.37 bits per heavy atom. The summed E-state index contributed by atoms with van der Waals surface area (Å²) in [7, 11) is 0. The Morgan fingerprint density at radius 3 is 2.63 bits per heavy atom. The quantitative estimate of drug-likeness (QED) is 0.828. The standard InChI is InChI=1S/C13H22N2O3S/c1-19-13(6-4-7-13)9-14-12(18)15-8-3-2-5-10(15)11(16)17/h10H,2-9H2,1H3,(H,14,18)(H,16,17). The van der Waals surface area contributed by atoms with Gasteiger partial charge in [-0.05, 0) is 38.4 Å². The highest BCUT2D eigenvalue weighted by Crippen LogP contribution is 2.42. The number of likely N-dealkylation sites (tertiary alicyclic amines) is 1. The van der Waals surface area contributed by atoms with E-state index >= 15 is 0 Å². The summed E-state index contributed by atoms with van der Waals surface area (Å²) < 4.78 is 0.185. The van der Waals surface area contributed by atoms with Crippen LogP contribution in [0.15, 0.2) is 0 Å². The Balaban J connectivity index is 1.89. The third kappa shape index (κ3) is 3.16. The van der Waals surface area contributed by atoms with Crippen molar-refractivity contribution >= 4 is 23.8 Å². The first kappa shape index (κ1) is 14.5.